The molecule has 0 saturated carbocycles. The van der Waals surface area contributed by atoms with Crippen molar-refractivity contribution >= 4 is 124 Å². The van der Waals surface area contributed by atoms with Gasteiger partial charge in [-0.1, -0.05) is 24.3 Å². The Labute approximate surface area is 424 Å². The van der Waals surface area contributed by atoms with Gasteiger partial charge < -0.3 is 31.7 Å². The normalized spacial score (nSPS) is 12.3. The number of aromatic hydroxyl groups is 2. The summed E-state index contributed by atoms with van der Waals surface area (Å²) >= 11 is 0. The van der Waals surface area contributed by atoms with E-state index < -0.39 is 79.2 Å². The van der Waals surface area contributed by atoms with Gasteiger partial charge in [-0.15, -0.1) is 10.2 Å². The molecule has 0 fully saturated rings. The summed E-state index contributed by atoms with van der Waals surface area (Å²) in [5.74, 6) is -1.39. The third kappa shape index (κ3) is 12.5. The van der Waals surface area contributed by atoms with Crippen molar-refractivity contribution in [1.82, 2.24) is 0 Å². The minimum Gasteiger partial charge on any atom is -0.505 e. The van der Waals surface area contributed by atoms with E-state index in [1.165, 1.54) is 97.1 Å². The minimum atomic E-state index is -5.04. The molecule has 2 amide bonds. The molecule has 0 unspecified atom stereocenters. The first-order valence-corrected chi connectivity index (χ1v) is 25.4. The van der Waals surface area contributed by atoms with Crippen LogP contribution in [0.3, 0.4) is 0 Å². The molecule has 23 nitrogen and oxygen atoms in total. The van der Waals surface area contributed by atoms with Crippen molar-refractivity contribution in [2.75, 3.05) is 23.8 Å². The summed E-state index contributed by atoms with van der Waals surface area (Å²) in [5.41, 5.74) is 3.97. The Morgan fingerprint density at radius 2 is 0.817 bits per heavy atom. The Hall–Kier alpha value is -6.57. The molecule has 0 atom stereocenters. The molecule has 0 heterocycles. The number of fused-ring (bicyclic) bond motifs is 4. The van der Waals surface area contributed by atoms with Gasteiger partial charge in [0.25, 0.3) is 40.5 Å². The van der Waals surface area contributed by atoms with Crippen LogP contribution in [0.5, 0.6) is 11.5 Å². The molecule has 8 aromatic carbocycles. The van der Waals surface area contributed by atoms with Crippen LogP contribution in [0.2, 0.25) is 0 Å². The Bertz CT molecular complexity index is 3740. The fourth-order valence-corrected chi connectivity index (χ4v) is 9.17. The SMILES string of the molecule is NCCO.O=C(Nc1ccc2c(O)c(N=Nc3ccc4cc(S(=O)(=O)O)ccc4c3)c(S(=O)(=O)O)cc2c1)Nc1ccc2c(O)c(N=Nc3ccc4cc(S(=O)(=O)O)ccc4c3)c(S(=O)(=O)O)cc2c1.[Na+]. The summed E-state index contributed by atoms with van der Waals surface area (Å²) in [4.78, 5) is 10.8. The van der Waals surface area contributed by atoms with Gasteiger partial charge in [0.05, 0.1) is 27.8 Å². The molecule has 0 spiro atoms. The van der Waals surface area contributed by atoms with E-state index in [2.05, 4.69) is 31.1 Å². The average molecular weight is 1060 g/mol. The van der Waals surface area contributed by atoms with Crippen molar-refractivity contribution in [3.8, 4) is 11.5 Å². The standard InChI is InChI=1S/C41H28N6O15S4.C2H7NO.Na/c48-39-33-11-7-27(15-25(33)19-35(65(57,58)59)37(39)46-44-29-5-1-23-17-31(63(51,52)53)9-3-21(23)13-29)42-41(50)43-28-8-12-34-26(16-28)20-36(66(60,61)62)38(40(34)49)47-45-30-6-2-24-18-32(64(54,55)56)10-4-22(24)14-30;3-1-2-4;/h1-20,48-49H,(H2,42,43,50)(H,51,52,53)(H,54,55,56)(H,57,58,59)(H,60,61,62);4H,1-3H2;/q;;+1. The summed E-state index contributed by atoms with van der Waals surface area (Å²) < 4.78 is 135. The summed E-state index contributed by atoms with van der Waals surface area (Å²) in [7, 11) is -19.0. The number of nitrogens with one attached hydrogen (secondary N) is 2. The van der Waals surface area contributed by atoms with Crippen LogP contribution < -0.4 is 45.9 Å². The first-order valence-electron chi connectivity index (χ1n) is 19.6. The van der Waals surface area contributed by atoms with Gasteiger partial charge >= 0.3 is 35.6 Å². The van der Waals surface area contributed by atoms with Gasteiger partial charge in [0.15, 0.2) is 11.5 Å². The monoisotopic (exact) mass is 1060 g/mol. The number of carbonyl (C=O) groups is 1. The van der Waals surface area contributed by atoms with Crippen LogP contribution in [-0.2, 0) is 40.5 Å². The molecule has 11 N–H and O–H groups in total. The van der Waals surface area contributed by atoms with E-state index in [9.17, 15) is 66.9 Å². The zero-order valence-corrected chi connectivity index (χ0v) is 41.5. The first kappa shape index (κ1) is 53.8. The number of hydrogen-bond donors (Lipinski definition) is 10. The molecular formula is C43H35N7NaO16S4+. The van der Waals surface area contributed by atoms with E-state index >= 15 is 0 Å². The Balaban J connectivity index is 0.00000159. The molecule has 0 saturated heterocycles. The largest absolute Gasteiger partial charge is 1.00 e. The zero-order valence-electron chi connectivity index (χ0n) is 36.3. The van der Waals surface area contributed by atoms with Crippen LogP contribution >= 0.6 is 0 Å². The van der Waals surface area contributed by atoms with Crippen LogP contribution in [0.15, 0.2) is 161 Å². The number of benzene rings is 8. The van der Waals surface area contributed by atoms with E-state index in [-0.39, 0.29) is 90.2 Å². The van der Waals surface area contributed by atoms with Crippen LogP contribution in [0.1, 0.15) is 0 Å². The minimum absolute atomic E-state index is 0. The molecule has 8 aromatic rings. The first-order chi connectivity index (χ1) is 32.8. The van der Waals surface area contributed by atoms with E-state index in [0.717, 1.165) is 24.3 Å². The van der Waals surface area contributed by atoms with Gasteiger partial charge in [-0.3, -0.25) is 18.2 Å². The Morgan fingerprint density at radius 1 is 0.465 bits per heavy atom. The zero-order chi connectivity index (χ0) is 50.9. The van der Waals surface area contributed by atoms with Crippen molar-refractivity contribution in [1.29, 1.82) is 0 Å². The third-order valence-electron chi connectivity index (χ3n) is 10.0. The number of nitrogens with two attached hydrogens (primary N) is 1. The number of nitrogens with zero attached hydrogens (tertiary/aromatic N) is 4. The van der Waals surface area contributed by atoms with E-state index in [1.54, 1.807) is 0 Å². The van der Waals surface area contributed by atoms with Gasteiger partial charge in [0.1, 0.15) is 21.2 Å². The second-order valence-electron chi connectivity index (χ2n) is 14.8. The van der Waals surface area contributed by atoms with Gasteiger partial charge in [0, 0.05) is 28.7 Å². The predicted molar refractivity (Wildman–Crippen MR) is 256 cm³/mol. The molecular weight excluding hydrogens is 1020 g/mol. The van der Waals surface area contributed by atoms with E-state index in [1.807, 2.05) is 0 Å². The number of anilines is 2. The molecule has 0 aliphatic carbocycles. The second kappa shape index (κ2) is 21.0. The maximum atomic E-state index is 13.1. The summed E-state index contributed by atoms with van der Waals surface area (Å²) in [5, 5.41) is 52.8. The predicted octanol–water partition coefficient (Wildman–Crippen LogP) is 5.11. The van der Waals surface area contributed by atoms with Gasteiger partial charge in [-0.05, 0) is 129 Å². The Kier molecular flexibility index (Phi) is 15.9. The molecule has 0 aliphatic rings. The van der Waals surface area contributed by atoms with Crippen LogP contribution in [0, 0.1) is 0 Å². The van der Waals surface area contributed by atoms with Crippen molar-refractivity contribution in [3.63, 3.8) is 0 Å². The van der Waals surface area contributed by atoms with Crippen molar-refractivity contribution in [3.05, 3.63) is 121 Å². The molecule has 28 heteroatoms. The summed E-state index contributed by atoms with van der Waals surface area (Å²) in [6, 6.07) is 25.3. The van der Waals surface area contributed by atoms with Crippen molar-refractivity contribution < 1.29 is 102 Å². The molecule has 0 aliphatic heterocycles. The van der Waals surface area contributed by atoms with Crippen LogP contribution in [-0.4, -0.2) is 86.4 Å². The smallest absolute Gasteiger partial charge is 0.505 e. The number of carbonyl (C=O) groups excluding carboxylic acids is 1. The number of azo groups is 2. The fraction of sp³-hybridized carbons (Fsp3) is 0.0465. The summed E-state index contributed by atoms with van der Waals surface area (Å²) in [6.07, 6.45) is 0. The average Bonchev–Trinajstić information content (AvgIpc) is 3.29. The number of phenolic OH excluding ortho intramolecular Hbond substituents is 2. The quantitative estimate of drug-likeness (QED) is 0.0457. The molecule has 0 radical (unpaired) electrons. The molecule has 362 valence electrons. The molecule has 8 rings (SSSR count). The maximum Gasteiger partial charge on any atom is 1.00 e. The van der Waals surface area contributed by atoms with Crippen molar-refractivity contribution in [2.45, 2.75) is 19.6 Å². The number of aliphatic hydroxyl groups excluding tert-OH is 1. The molecule has 0 aromatic heterocycles. The van der Waals surface area contributed by atoms with Gasteiger partial charge in [-0.2, -0.15) is 43.9 Å². The second-order valence-corrected chi connectivity index (χ2v) is 20.4. The Morgan fingerprint density at radius 3 is 1.15 bits per heavy atom. The van der Waals surface area contributed by atoms with Crippen LogP contribution in [0.4, 0.5) is 38.9 Å². The number of urea groups is 1. The van der Waals surface area contributed by atoms with Gasteiger partial charge in [-0.25, -0.2) is 4.79 Å². The fourth-order valence-electron chi connectivity index (χ4n) is 6.82. The number of aliphatic hydroxyl groups is 1. The molecule has 71 heavy (non-hydrogen) atoms. The van der Waals surface area contributed by atoms with Crippen LogP contribution in [0.25, 0.3) is 43.1 Å². The maximum absolute atomic E-state index is 13.1. The van der Waals surface area contributed by atoms with Crippen molar-refractivity contribution in [2.24, 2.45) is 26.2 Å². The van der Waals surface area contributed by atoms with E-state index in [4.69, 9.17) is 10.8 Å². The van der Waals surface area contributed by atoms with Gasteiger partial charge in [0.2, 0.25) is 0 Å². The van der Waals surface area contributed by atoms with E-state index in [0.29, 0.717) is 28.1 Å². The number of phenols is 2. The number of rotatable bonds is 11. The summed E-state index contributed by atoms with van der Waals surface area (Å²) in [6.45, 7) is 0.472. The number of hydrogen-bond acceptors (Lipinski definition) is 17. The number of amides is 2. The molecule has 0 bridgehead atoms. The topological polar surface area (TPSA) is 395 Å². The third-order valence-corrected chi connectivity index (χ3v) is 13.5.